The van der Waals surface area contributed by atoms with Crippen LogP contribution in [-0.2, 0) is 25.9 Å². The summed E-state index contributed by atoms with van der Waals surface area (Å²) in [5.41, 5.74) is 3.66. The van der Waals surface area contributed by atoms with E-state index in [0.29, 0.717) is 6.61 Å². The van der Waals surface area contributed by atoms with Crippen molar-refractivity contribution in [1.29, 1.82) is 0 Å². The largest absolute Gasteiger partial charge is 2.00 e. The molecule has 0 aliphatic carbocycles. The van der Waals surface area contributed by atoms with E-state index in [1.165, 1.54) is 29.2 Å². The van der Waals surface area contributed by atoms with Crippen LogP contribution in [0.5, 0.6) is 5.06 Å². The normalized spacial score (nSPS) is 12.1. The second-order valence-electron chi connectivity index (χ2n) is 3.47. The molecule has 2 rings (SSSR count). The maximum Gasteiger partial charge on any atom is 2.00 e. The van der Waals surface area contributed by atoms with E-state index in [2.05, 4.69) is 25.8 Å². The molecule has 0 bridgehead atoms. The number of fused-ring (bicyclic) bond motifs is 1. The Morgan fingerprint density at radius 2 is 1.89 bits per heavy atom. The van der Waals surface area contributed by atoms with Crippen molar-refractivity contribution in [2.75, 3.05) is 13.2 Å². The number of aliphatic imine (C=N–C) groups is 1. The Kier molecular flexibility index (Phi) is 10.4. The van der Waals surface area contributed by atoms with Gasteiger partial charge in [0.05, 0.1) is 12.1 Å². The van der Waals surface area contributed by atoms with Gasteiger partial charge in [-0.05, 0) is 26.3 Å². The third-order valence-corrected chi connectivity index (χ3v) is 3.51. The average molecular weight is 437 g/mol. The van der Waals surface area contributed by atoms with Gasteiger partial charge in [0, 0.05) is 10.6 Å². The standard InChI is InChI=1S/C10H13NOS.C2H3O.CH3.W/c1-6-8(3)13-10-9(6)7(2)11-4-5-12-10;1-2-3;;/h4-5H2,1-3H3;1H3;1H3;/q;2*-1;+2. The third kappa shape index (κ3) is 4.66. The minimum atomic E-state index is 0. The maximum atomic E-state index is 8.68. The molecule has 0 fully saturated rings. The van der Waals surface area contributed by atoms with Crippen LogP contribution in [0.4, 0.5) is 0 Å². The first-order valence-electron chi connectivity index (χ1n) is 5.15. The maximum absolute atomic E-state index is 8.68. The Hall–Kier alpha value is -0.472. The van der Waals surface area contributed by atoms with Crippen molar-refractivity contribution in [1.82, 2.24) is 0 Å². The molecule has 1 aliphatic heterocycles. The monoisotopic (exact) mass is 437 g/mol. The summed E-state index contributed by atoms with van der Waals surface area (Å²) < 4.78 is 5.62. The zero-order valence-corrected chi connectivity index (χ0v) is 15.2. The number of thiophene rings is 1. The molecule has 5 heteroatoms. The van der Waals surface area contributed by atoms with E-state index in [1.54, 1.807) is 11.3 Å². The van der Waals surface area contributed by atoms with E-state index >= 15 is 0 Å². The van der Waals surface area contributed by atoms with E-state index in [0.717, 1.165) is 17.3 Å². The van der Waals surface area contributed by atoms with Gasteiger partial charge in [0.15, 0.2) is 5.06 Å². The number of hydrogen-bond acceptors (Lipinski definition) is 4. The minimum Gasteiger partial charge on any atom is -0.542 e. The molecule has 1 aliphatic rings. The summed E-state index contributed by atoms with van der Waals surface area (Å²) >= 11 is 1.73. The summed E-state index contributed by atoms with van der Waals surface area (Å²) in [5, 5.41) is 1.05. The van der Waals surface area contributed by atoms with Crippen molar-refractivity contribution >= 4 is 23.3 Å². The van der Waals surface area contributed by atoms with Crippen LogP contribution < -0.4 is 4.74 Å². The van der Waals surface area contributed by atoms with Crippen LogP contribution in [0.1, 0.15) is 29.9 Å². The van der Waals surface area contributed by atoms with Crippen molar-refractivity contribution < 1.29 is 30.6 Å². The van der Waals surface area contributed by atoms with Gasteiger partial charge in [0.2, 0.25) is 0 Å². The molecular formula is C13H19NO2SW. The van der Waals surface area contributed by atoms with Crippen molar-refractivity contribution in [3.63, 3.8) is 0 Å². The topological polar surface area (TPSA) is 38.7 Å². The summed E-state index contributed by atoms with van der Waals surface area (Å²) in [7, 11) is 0. The van der Waals surface area contributed by atoms with E-state index in [4.69, 9.17) is 9.53 Å². The van der Waals surface area contributed by atoms with Gasteiger partial charge in [-0.1, -0.05) is 0 Å². The van der Waals surface area contributed by atoms with Gasteiger partial charge in [0.1, 0.15) is 6.61 Å². The molecular weight excluding hydrogens is 418 g/mol. The zero-order valence-electron chi connectivity index (χ0n) is 11.5. The fourth-order valence-electron chi connectivity index (χ4n) is 1.55. The second kappa shape index (κ2) is 9.46. The minimum absolute atomic E-state index is 0. The Morgan fingerprint density at radius 1 is 1.33 bits per heavy atom. The van der Waals surface area contributed by atoms with Crippen LogP contribution in [0.3, 0.4) is 0 Å². The summed E-state index contributed by atoms with van der Waals surface area (Å²) in [5.74, 6) is 0. The van der Waals surface area contributed by atoms with Gasteiger partial charge in [-0.2, -0.15) is 6.92 Å². The smallest absolute Gasteiger partial charge is 0.542 e. The zero-order chi connectivity index (χ0) is 12.1. The molecule has 0 radical (unpaired) electrons. The Bertz CT molecular complexity index is 413. The summed E-state index contributed by atoms with van der Waals surface area (Å²) in [6.07, 6.45) is 1.50. The van der Waals surface area contributed by atoms with Gasteiger partial charge < -0.3 is 17.0 Å². The number of aryl methyl sites for hydroxylation is 1. The van der Waals surface area contributed by atoms with Crippen molar-refractivity contribution in [2.45, 2.75) is 27.7 Å². The molecule has 18 heavy (non-hydrogen) atoms. The van der Waals surface area contributed by atoms with Gasteiger partial charge >= 0.3 is 21.1 Å². The van der Waals surface area contributed by atoms with Gasteiger partial charge in [0.25, 0.3) is 0 Å². The van der Waals surface area contributed by atoms with Crippen molar-refractivity contribution in [2.24, 2.45) is 4.99 Å². The number of hydrogen-bond donors (Lipinski definition) is 0. The molecule has 0 saturated carbocycles. The predicted molar refractivity (Wildman–Crippen MR) is 74.1 cm³/mol. The first-order valence-corrected chi connectivity index (χ1v) is 5.96. The van der Waals surface area contributed by atoms with Crippen molar-refractivity contribution in [3.05, 3.63) is 23.4 Å². The predicted octanol–water partition coefficient (Wildman–Crippen LogP) is 3.13. The Labute approximate surface area is 128 Å². The van der Waals surface area contributed by atoms with E-state index in [-0.39, 0.29) is 28.5 Å². The SMILES string of the molecule is CC1=NCCOc2sc(C)c(C)c21.C[C-]=O.[CH3-].[W+2]. The molecule has 0 N–H and O–H groups in total. The van der Waals surface area contributed by atoms with Crippen LogP contribution in [0.2, 0.25) is 0 Å². The van der Waals surface area contributed by atoms with Crippen LogP contribution in [-0.4, -0.2) is 25.1 Å². The van der Waals surface area contributed by atoms with Gasteiger partial charge in [-0.25, -0.2) is 0 Å². The quantitative estimate of drug-likeness (QED) is 0.586. The number of ether oxygens (including phenoxy) is 1. The fourth-order valence-corrected chi connectivity index (χ4v) is 2.63. The molecule has 1 aromatic rings. The Balaban J connectivity index is 0. The molecule has 2 heterocycles. The molecule has 100 valence electrons. The Morgan fingerprint density at radius 3 is 2.44 bits per heavy atom. The summed E-state index contributed by atoms with van der Waals surface area (Å²) in [6.45, 7) is 9.14. The fraction of sp³-hybridized carbons (Fsp3) is 0.462. The van der Waals surface area contributed by atoms with E-state index in [1.807, 2.05) is 0 Å². The molecule has 0 amide bonds. The summed E-state index contributed by atoms with van der Waals surface area (Å²) in [4.78, 5) is 14.5. The third-order valence-electron chi connectivity index (χ3n) is 2.39. The first-order chi connectivity index (χ1) is 7.61. The van der Waals surface area contributed by atoms with Crippen LogP contribution in [0, 0.1) is 21.3 Å². The number of carbonyl (C=O) groups excluding carboxylic acids is 1. The van der Waals surface area contributed by atoms with Crippen LogP contribution in [0.15, 0.2) is 4.99 Å². The van der Waals surface area contributed by atoms with E-state index < -0.39 is 0 Å². The van der Waals surface area contributed by atoms with Gasteiger partial charge in [-0.3, -0.25) is 11.3 Å². The molecule has 0 aromatic carbocycles. The van der Waals surface area contributed by atoms with Gasteiger partial charge in [-0.15, -0.1) is 11.3 Å². The summed E-state index contributed by atoms with van der Waals surface area (Å²) in [6, 6.07) is 0. The van der Waals surface area contributed by atoms with Crippen LogP contribution in [0.25, 0.3) is 0 Å². The number of rotatable bonds is 0. The number of nitrogens with zero attached hydrogens (tertiary/aromatic N) is 1. The van der Waals surface area contributed by atoms with E-state index in [9.17, 15) is 0 Å². The van der Waals surface area contributed by atoms with Crippen molar-refractivity contribution in [3.8, 4) is 5.06 Å². The molecule has 1 aromatic heterocycles. The first kappa shape index (κ1) is 19.9. The van der Waals surface area contributed by atoms with Crippen LogP contribution >= 0.6 is 11.3 Å². The average Bonchev–Trinajstić information content (AvgIpc) is 2.41. The molecule has 3 nitrogen and oxygen atoms in total. The molecule has 0 saturated heterocycles. The second-order valence-corrected chi connectivity index (χ2v) is 4.65. The molecule has 0 spiro atoms. The molecule has 0 unspecified atom stereocenters. The molecule has 0 atom stereocenters.